The molecule has 4 aromatic rings. The molecule has 5 rings (SSSR count). The summed E-state index contributed by atoms with van der Waals surface area (Å²) in [7, 11) is 2.11. The Morgan fingerprint density at radius 1 is 0.758 bits per heavy atom. The minimum atomic E-state index is -1.21. The molecule has 1 aliphatic heterocycles. The molecule has 3 nitrogen and oxygen atoms in total. The fraction of sp³-hybridized carbons (Fsp3) is 0.167. The minimum absolute atomic E-state index is 0.222. The van der Waals surface area contributed by atoms with Gasteiger partial charge in [0.05, 0.1) is 11.3 Å². The van der Waals surface area contributed by atoms with Gasteiger partial charge in [-0.15, -0.1) is 0 Å². The molecular formula is C30H29N2O+. The van der Waals surface area contributed by atoms with E-state index in [4.69, 9.17) is 0 Å². The average Bonchev–Trinajstić information content (AvgIpc) is 2.88. The lowest BCUT2D eigenvalue weighted by Gasteiger charge is -2.37. The summed E-state index contributed by atoms with van der Waals surface area (Å²) < 4.78 is 2.30. The van der Waals surface area contributed by atoms with Crippen molar-refractivity contribution < 1.29 is 9.68 Å². The van der Waals surface area contributed by atoms with Crippen molar-refractivity contribution in [2.45, 2.75) is 18.1 Å². The van der Waals surface area contributed by atoms with Gasteiger partial charge in [-0.25, -0.2) is 4.58 Å². The van der Waals surface area contributed by atoms with Crippen LogP contribution in [0.3, 0.4) is 0 Å². The Labute approximate surface area is 195 Å². The van der Waals surface area contributed by atoms with Crippen molar-refractivity contribution in [3.63, 3.8) is 0 Å². The van der Waals surface area contributed by atoms with Crippen LogP contribution in [-0.2, 0) is 12.0 Å². The van der Waals surface area contributed by atoms with Gasteiger partial charge in [0.1, 0.15) is 0 Å². The normalized spacial score (nSPS) is 14.4. The molecule has 0 saturated heterocycles. The number of hydrogen-bond acceptors (Lipinski definition) is 2. The second-order valence-electron chi connectivity index (χ2n) is 8.75. The number of nitrogens with zero attached hydrogens (tertiary/aromatic N) is 2. The number of rotatable bonds is 6. The number of benzene rings is 4. The largest absolute Gasteiger partial charge is 0.374 e. The Bertz CT molecular complexity index is 1200. The zero-order valence-corrected chi connectivity index (χ0v) is 18.9. The second-order valence-corrected chi connectivity index (χ2v) is 8.75. The molecule has 1 heterocycles. The molecule has 0 fully saturated rings. The lowest BCUT2D eigenvalue weighted by Crippen LogP contribution is -2.52. The van der Waals surface area contributed by atoms with Gasteiger partial charge in [0.25, 0.3) is 0 Å². The number of fused-ring (bicyclic) bond motifs is 1. The van der Waals surface area contributed by atoms with Crippen molar-refractivity contribution in [1.29, 1.82) is 0 Å². The monoisotopic (exact) mass is 433 g/mol. The van der Waals surface area contributed by atoms with Crippen LogP contribution in [0.15, 0.2) is 115 Å². The van der Waals surface area contributed by atoms with Crippen LogP contribution in [0, 0.1) is 0 Å². The first-order chi connectivity index (χ1) is 16.2. The highest BCUT2D eigenvalue weighted by Gasteiger charge is 2.48. The molecule has 0 spiro atoms. The highest BCUT2D eigenvalue weighted by atomic mass is 16.3. The lowest BCUT2D eigenvalue weighted by atomic mass is 9.77. The van der Waals surface area contributed by atoms with Crippen LogP contribution in [0.25, 0.3) is 0 Å². The van der Waals surface area contributed by atoms with Gasteiger partial charge in [-0.1, -0.05) is 103 Å². The second kappa shape index (κ2) is 9.05. The molecule has 0 amide bonds. The first-order valence-electron chi connectivity index (χ1n) is 11.4. The van der Waals surface area contributed by atoms with Crippen LogP contribution < -0.4 is 4.90 Å². The summed E-state index contributed by atoms with van der Waals surface area (Å²) >= 11 is 0. The molecule has 1 atom stereocenters. The summed E-state index contributed by atoms with van der Waals surface area (Å²) in [6.45, 7) is 0.691. The highest BCUT2D eigenvalue weighted by Crippen LogP contribution is 2.37. The molecular weight excluding hydrogens is 404 g/mol. The van der Waals surface area contributed by atoms with E-state index in [1.54, 1.807) is 0 Å². The van der Waals surface area contributed by atoms with Crippen molar-refractivity contribution in [2.24, 2.45) is 0 Å². The highest BCUT2D eigenvalue weighted by molar-refractivity contribution is 5.86. The predicted molar refractivity (Wildman–Crippen MR) is 135 cm³/mol. The maximum atomic E-state index is 12.7. The van der Waals surface area contributed by atoms with E-state index in [9.17, 15) is 5.11 Å². The molecule has 0 saturated carbocycles. The van der Waals surface area contributed by atoms with E-state index in [0.29, 0.717) is 13.1 Å². The zero-order valence-electron chi connectivity index (χ0n) is 18.9. The zero-order chi connectivity index (χ0) is 22.7. The van der Waals surface area contributed by atoms with E-state index in [1.807, 2.05) is 66.7 Å². The Balaban J connectivity index is 1.71. The van der Waals surface area contributed by atoms with Crippen LogP contribution in [-0.4, -0.2) is 35.7 Å². The number of hydrogen-bond donors (Lipinski definition) is 1. The third kappa shape index (κ3) is 4.08. The Morgan fingerprint density at radius 2 is 1.27 bits per heavy atom. The van der Waals surface area contributed by atoms with E-state index in [0.717, 1.165) is 16.7 Å². The van der Waals surface area contributed by atoms with Crippen LogP contribution in [0.2, 0.25) is 0 Å². The molecule has 0 bridgehead atoms. The first-order valence-corrected chi connectivity index (χ1v) is 11.4. The van der Waals surface area contributed by atoms with Crippen molar-refractivity contribution in [3.8, 4) is 0 Å². The van der Waals surface area contributed by atoms with Gasteiger partial charge < -0.3 is 10.0 Å². The van der Waals surface area contributed by atoms with E-state index in [2.05, 4.69) is 71.3 Å². The van der Waals surface area contributed by atoms with Crippen LogP contribution >= 0.6 is 0 Å². The molecule has 164 valence electrons. The SMILES string of the molecule is CN1C[N+](C(Cc2ccccc2)C(O)(c2ccccc2)c2ccccc2)=Cc2ccccc21. The summed E-state index contributed by atoms with van der Waals surface area (Å²) in [5, 5.41) is 12.7. The van der Waals surface area contributed by atoms with Crippen LogP contribution in [0.5, 0.6) is 0 Å². The molecule has 4 aromatic carbocycles. The average molecular weight is 434 g/mol. The number of anilines is 1. The molecule has 0 aliphatic carbocycles. The van der Waals surface area contributed by atoms with Crippen molar-refractivity contribution in [2.75, 3.05) is 18.6 Å². The molecule has 33 heavy (non-hydrogen) atoms. The fourth-order valence-corrected chi connectivity index (χ4v) is 4.95. The minimum Gasteiger partial charge on any atom is -0.374 e. The summed E-state index contributed by atoms with van der Waals surface area (Å²) in [6.07, 6.45) is 2.91. The van der Waals surface area contributed by atoms with E-state index >= 15 is 0 Å². The number of para-hydroxylation sites is 1. The van der Waals surface area contributed by atoms with Crippen molar-refractivity contribution >= 4 is 11.9 Å². The van der Waals surface area contributed by atoms with E-state index in [-0.39, 0.29) is 6.04 Å². The standard InChI is InChI=1S/C30H29N2O/c1-31-23-32(22-25-15-11-12-20-28(25)31)29(21-24-13-5-2-6-14-24)30(33,26-16-7-3-8-17-26)27-18-9-4-10-19-27/h2-20,22,29,33H,21,23H2,1H3/q+1. The molecule has 1 unspecified atom stereocenters. The topological polar surface area (TPSA) is 26.5 Å². The van der Waals surface area contributed by atoms with Gasteiger partial charge in [0.15, 0.2) is 17.9 Å². The van der Waals surface area contributed by atoms with Gasteiger partial charge >= 0.3 is 0 Å². The third-order valence-electron chi connectivity index (χ3n) is 6.61. The maximum absolute atomic E-state index is 12.7. The summed E-state index contributed by atoms with van der Waals surface area (Å²) in [5.74, 6) is 0. The maximum Gasteiger partial charge on any atom is 0.218 e. The summed E-state index contributed by atoms with van der Waals surface area (Å²) in [5.41, 5.74) is 4.15. The Kier molecular flexibility index (Phi) is 5.80. The fourth-order valence-electron chi connectivity index (χ4n) is 4.95. The molecule has 3 heteroatoms. The Morgan fingerprint density at radius 3 is 1.88 bits per heavy atom. The van der Waals surface area contributed by atoms with Gasteiger partial charge in [-0.3, -0.25) is 0 Å². The quantitative estimate of drug-likeness (QED) is 0.430. The van der Waals surface area contributed by atoms with Gasteiger partial charge in [-0.05, 0) is 28.8 Å². The van der Waals surface area contributed by atoms with Gasteiger partial charge in [0.2, 0.25) is 6.67 Å². The molecule has 1 N–H and O–H groups in total. The third-order valence-corrected chi connectivity index (χ3v) is 6.61. The van der Waals surface area contributed by atoms with E-state index < -0.39 is 5.60 Å². The smallest absolute Gasteiger partial charge is 0.218 e. The molecule has 0 radical (unpaired) electrons. The van der Waals surface area contributed by atoms with Crippen molar-refractivity contribution in [3.05, 3.63) is 138 Å². The van der Waals surface area contributed by atoms with Crippen LogP contribution in [0.1, 0.15) is 22.3 Å². The summed E-state index contributed by atoms with van der Waals surface area (Å²) in [4.78, 5) is 2.25. The van der Waals surface area contributed by atoms with Gasteiger partial charge in [0, 0.05) is 13.5 Å². The summed E-state index contributed by atoms with van der Waals surface area (Å²) in [6, 6.07) is 38.8. The predicted octanol–water partition coefficient (Wildman–Crippen LogP) is 5.07. The Hall–Kier alpha value is -3.69. The van der Waals surface area contributed by atoms with E-state index in [1.165, 1.54) is 11.3 Å². The first kappa shape index (κ1) is 21.2. The van der Waals surface area contributed by atoms with Crippen molar-refractivity contribution in [1.82, 2.24) is 0 Å². The number of aliphatic hydroxyl groups is 1. The molecule has 0 aromatic heterocycles. The van der Waals surface area contributed by atoms with Gasteiger partial charge in [-0.2, -0.15) is 0 Å². The van der Waals surface area contributed by atoms with Crippen LogP contribution in [0.4, 0.5) is 5.69 Å². The molecule has 1 aliphatic rings. The lowest BCUT2D eigenvalue weighted by molar-refractivity contribution is -0.581.